The van der Waals surface area contributed by atoms with Gasteiger partial charge in [-0.15, -0.1) is 0 Å². The van der Waals surface area contributed by atoms with Crippen LogP contribution in [0.4, 0.5) is 17.1 Å². The third-order valence-corrected chi connectivity index (χ3v) is 10.3. The van der Waals surface area contributed by atoms with Crippen molar-refractivity contribution in [2.75, 3.05) is 4.90 Å². The second-order valence-corrected chi connectivity index (χ2v) is 13.6. The molecular formula is C46H32N2O2. The van der Waals surface area contributed by atoms with Crippen molar-refractivity contribution in [3.05, 3.63) is 169 Å². The van der Waals surface area contributed by atoms with Gasteiger partial charge in [0.2, 0.25) is 5.89 Å². The highest BCUT2D eigenvalue weighted by Crippen LogP contribution is 2.51. The summed E-state index contributed by atoms with van der Waals surface area (Å²) >= 11 is 0. The largest absolute Gasteiger partial charge is 0.456 e. The Morgan fingerprint density at radius 3 is 2.06 bits per heavy atom. The molecule has 2 aromatic heterocycles. The lowest BCUT2D eigenvalue weighted by atomic mass is 9.82. The van der Waals surface area contributed by atoms with Crippen molar-refractivity contribution in [3.8, 4) is 33.7 Å². The summed E-state index contributed by atoms with van der Waals surface area (Å²) in [6.07, 6.45) is 0. The Kier molecular flexibility index (Phi) is 6.19. The predicted octanol–water partition coefficient (Wildman–Crippen LogP) is 12.8. The monoisotopic (exact) mass is 644 g/mol. The molecule has 0 aliphatic heterocycles. The molecule has 0 bridgehead atoms. The van der Waals surface area contributed by atoms with E-state index in [2.05, 4.69) is 140 Å². The number of hydrogen-bond acceptors (Lipinski definition) is 4. The van der Waals surface area contributed by atoms with Gasteiger partial charge >= 0.3 is 0 Å². The number of nitrogens with zero attached hydrogens (tertiary/aromatic N) is 2. The summed E-state index contributed by atoms with van der Waals surface area (Å²) in [5.74, 6) is 0.587. The minimum absolute atomic E-state index is 0.0674. The lowest BCUT2D eigenvalue weighted by molar-refractivity contribution is 0.620. The van der Waals surface area contributed by atoms with Crippen molar-refractivity contribution in [2.24, 2.45) is 0 Å². The van der Waals surface area contributed by atoms with E-state index in [0.717, 1.165) is 61.2 Å². The maximum Gasteiger partial charge on any atom is 0.228 e. The number of furan rings is 1. The van der Waals surface area contributed by atoms with E-state index >= 15 is 0 Å². The molecule has 0 radical (unpaired) electrons. The second-order valence-electron chi connectivity index (χ2n) is 13.6. The van der Waals surface area contributed by atoms with Crippen LogP contribution in [0.15, 0.2) is 167 Å². The highest BCUT2D eigenvalue weighted by molar-refractivity contribution is 6.12. The first kappa shape index (κ1) is 28.6. The molecular weight excluding hydrogens is 613 g/mol. The van der Waals surface area contributed by atoms with E-state index in [9.17, 15) is 0 Å². The lowest BCUT2D eigenvalue weighted by Gasteiger charge is -2.27. The average Bonchev–Trinajstić information content (AvgIpc) is 3.83. The number of para-hydroxylation sites is 2. The Morgan fingerprint density at radius 2 is 1.16 bits per heavy atom. The first-order valence-corrected chi connectivity index (χ1v) is 17.0. The summed E-state index contributed by atoms with van der Waals surface area (Å²) in [7, 11) is 0. The zero-order chi connectivity index (χ0) is 33.4. The molecule has 0 saturated carbocycles. The molecule has 0 N–H and O–H groups in total. The van der Waals surface area contributed by atoms with Crippen LogP contribution in [0.3, 0.4) is 0 Å². The van der Waals surface area contributed by atoms with Crippen LogP contribution < -0.4 is 4.90 Å². The van der Waals surface area contributed by atoms with Crippen molar-refractivity contribution in [2.45, 2.75) is 19.3 Å². The van der Waals surface area contributed by atoms with Gasteiger partial charge in [-0.25, -0.2) is 4.98 Å². The van der Waals surface area contributed by atoms with Crippen molar-refractivity contribution in [3.63, 3.8) is 0 Å². The van der Waals surface area contributed by atoms with Gasteiger partial charge in [-0.3, -0.25) is 0 Å². The molecule has 2 heterocycles. The van der Waals surface area contributed by atoms with Gasteiger partial charge < -0.3 is 13.7 Å². The molecule has 0 fully saturated rings. The van der Waals surface area contributed by atoms with Crippen LogP contribution in [-0.4, -0.2) is 4.98 Å². The summed E-state index contributed by atoms with van der Waals surface area (Å²) in [4.78, 5) is 7.16. The predicted molar refractivity (Wildman–Crippen MR) is 204 cm³/mol. The van der Waals surface area contributed by atoms with Crippen LogP contribution in [0.2, 0.25) is 0 Å². The zero-order valence-electron chi connectivity index (χ0n) is 27.7. The van der Waals surface area contributed by atoms with Gasteiger partial charge in [0.25, 0.3) is 0 Å². The van der Waals surface area contributed by atoms with Crippen molar-refractivity contribution in [1.29, 1.82) is 0 Å². The third kappa shape index (κ3) is 4.35. The molecule has 4 heteroatoms. The third-order valence-electron chi connectivity index (χ3n) is 10.3. The molecule has 9 aromatic rings. The van der Waals surface area contributed by atoms with Gasteiger partial charge in [-0.05, 0) is 94.0 Å². The Morgan fingerprint density at radius 1 is 0.480 bits per heavy atom. The Labute approximate surface area is 289 Å². The average molecular weight is 645 g/mol. The van der Waals surface area contributed by atoms with Crippen molar-refractivity contribution in [1.82, 2.24) is 4.98 Å². The van der Waals surface area contributed by atoms with E-state index in [1.165, 1.54) is 27.8 Å². The van der Waals surface area contributed by atoms with E-state index in [-0.39, 0.29) is 5.41 Å². The van der Waals surface area contributed by atoms with Gasteiger partial charge in [0.05, 0.1) is 0 Å². The Balaban J connectivity index is 1.16. The SMILES string of the molecule is CC1(C)c2ccccc2-c2cc(N(c3cccc(-c4ccccc4)c3)c3ccc4c(c3)oc3cccc(-c5nc6ccccc6o5)c34)ccc21. The van der Waals surface area contributed by atoms with Crippen LogP contribution in [0, 0.1) is 0 Å². The van der Waals surface area contributed by atoms with Crippen LogP contribution in [0.5, 0.6) is 0 Å². The fourth-order valence-electron chi connectivity index (χ4n) is 7.87. The first-order valence-electron chi connectivity index (χ1n) is 17.0. The topological polar surface area (TPSA) is 42.4 Å². The molecule has 1 aliphatic rings. The minimum atomic E-state index is -0.0674. The van der Waals surface area contributed by atoms with Gasteiger partial charge in [-0.1, -0.05) is 105 Å². The summed E-state index contributed by atoms with van der Waals surface area (Å²) in [5.41, 5.74) is 14.8. The standard InChI is InChI=1S/C46H32N2O2/c1-46(2)38-18-7-6-16-34(38)37-27-32(23-25-39(37)46)48(31-15-10-14-30(26-31)29-12-4-3-5-13-29)33-22-24-35-43(28-33)49-42-21-11-17-36(44(35)42)45-47-40-19-8-9-20-41(40)50-45/h3-28H,1-2H3. The Bertz CT molecular complexity index is 2720. The van der Waals surface area contributed by atoms with Gasteiger partial charge in [-0.2, -0.15) is 0 Å². The summed E-state index contributed by atoms with van der Waals surface area (Å²) in [6, 6.07) is 55.5. The molecule has 238 valence electrons. The molecule has 50 heavy (non-hydrogen) atoms. The zero-order valence-corrected chi connectivity index (χ0v) is 27.7. The van der Waals surface area contributed by atoms with E-state index < -0.39 is 0 Å². The maximum atomic E-state index is 6.60. The Hall–Kier alpha value is -6.39. The van der Waals surface area contributed by atoms with E-state index in [1.807, 2.05) is 36.4 Å². The van der Waals surface area contributed by atoms with Gasteiger partial charge in [0.1, 0.15) is 16.7 Å². The number of hydrogen-bond donors (Lipinski definition) is 0. The number of benzene rings is 7. The second kappa shape index (κ2) is 10.8. The smallest absolute Gasteiger partial charge is 0.228 e. The molecule has 0 spiro atoms. The summed E-state index contributed by atoms with van der Waals surface area (Å²) in [5, 5.41) is 2.01. The summed E-state index contributed by atoms with van der Waals surface area (Å²) < 4.78 is 12.8. The quantitative estimate of drug-likeness (QED) is 0.187. The number of rotatable bonds is 5. The molecule has 0 unspecified atom stereocenters. The summed E-state index contributed by atoms with van der Waals surface area (Å²) in [6.45, 7) is 4.64. The minimum Gasteiger partial charge on any atom is -0.456 e. The molecule has 0 amide bonds. The number of oxazole rings is 1. The van der Waals surface area contributed by atoms with Crippen molar-refractivity contribution < 1.29 is 8.83 Å². The molecule has 1 aliphatic carbocycles. The first-order chi connectivity index (χ1) is 24.5. The van der Waals surface area contributed by atoms with E-state index in [4.69, 9.17) is 13.8 Å². The molecule has 0 atom stereocenters. The van der Waals surface area contributed by atoms with Crippen LogP contribution in [0.1, 0.15) is 25.0 Å². The maximum absolute atomic E-state index is 6.60. The van der Waals surface area contributed by atoms with Crippen LogP contribution >= 0.6 is 0 Å². The lowest BCUT2D eigenvalue weighted by Crippen LogP contribution is -2.15. The normalized spacial score (nSPS) is 13.2. The van der Waals surface area contributed by atoms with E-state index in [0.29, 0.717) is 5.89 Å². The van der Waals surface area contributed by atoms with Gasteiger partial charge in [0.15, 0.2) is 5.58 Å². The molecule has 10 rings (SSSR count). The van der Waals surface area contributed by atoms with Gasteiger partial charge in [0, 0.05) is 44.9 Å². The van der Waals surface area contributed by atoms with Crippen LogP contribution in [0.25, 0.3) is 66.7 Å². The number of fused-ring (bicyclic) bond motifs is 7. The molecule has 0 saturated heterocycles. The van der Waals surface area contributed by atoms with Crippen LogP contribution in [-0.2, 0) is 5.41 Å². The van der Waals surface area contributed by atoms with E-state index in [1.54, 1.807) is 0 Å². The number of aromatic nitrogens is 1. The molecule has 7 aromatic carbocycles. The molecule has 4 nitrogen and oxygen atoms in total. The fraction of sp³-hybridized carbons (Fsp3) is 0.0652. The highest BCUT2D eigenvalue weighted by Gasteiger charge is 2.35. The highest BCUT2D eigenvalue weighted by atomic mass is 16.3. The fourth-order valence-corrected chi connectivity index (χ4v) is 7.87. The number of anilines is 3. The van der Waals surface area contributed by atoms with Crippen molar-refractivity contribution >= 4 is 50.1 Å².